The van der Waals surface area contributed by atoms with Gasteiger partial charge in [-0.3, -0.25) is 4.79 Å². The van der Waals surface area contributed by atoms with Crippen molar-refractivity contribution in [1.29, 1.82) is 0 Å². The van der Waals surface area contributed by atoms with Gasteiger partial charge in [0.2, 0.25) is 6.79 Å². The fourth-order valence-electron chi connectivity index (χ4n) is 3.26. The number of carbonyl (C=O) groups is 1. The molecule has 2 heterocycles. The largest absolute Gasteiger partial charge is 0.454 e. The van der Waals surface area contributed by atoms with Crippen LogP contribution >= 0.6 is 23.8 Å². The maximum absolute atomic E-state index is 12.7. The maximum Gasteiger partial charge on any atom is 0.255 e. The summed E-state index contributed by atoms with van der Waals surface area (Å²) in [4.78, 5) is 16.6. The number of piperazine rings is 1. The zero-order valence-corrected chi connectivity index (χ0v) is 16.8. The van der Waals surface area contributed by atoms with Gasteiger partial charge in [0.15, 0.2) is 16.6 Å². The van der Waals surface area contributed by atoms with Crippen molar-refractivity contribution < 1.29 is 14.3 Å². The van der Waals surface area contributed by atoms with Crippen molar-refractivity contribution >= 4 is 34.8 Å². The van der Waals surface area contributed by atoms with Gasteiger partial charge in [-0.1, -0.05) is 29.8 Å². The van der Waals surface area contributed by atoms with Crippen LogP contribution in [0.25, 0.3) is 0 Å². The third-order valence-electron chi connectivity index (χ3n) is 4.84. The van der Waals surface area contributed by atoms with Crippen molar-refractivity contribution in [3.05, 3.63) is 58.6 Å². The number of nitrogens with one attached hydrogen (secondary N) is 1. The van der Waals surface area contributed by atoms with E-state index in [9.17, 15) is 4.79 Å². The quantitative estimate of drug-likeness (QED) is 0.775. The third-order valence-corrected chi connectivity index (χ3v) is 5.57. The summed E-state index contributed by atoms with van der Waals surface area (Å²) in [5, 5.41) is 4.45. The van der Waals surface area contributed by atoms with E-state index in [2.05, 4.69) is 10.2 Å². The lowest BCUT2D eigenvalue weighted by molar-refractivity contribution is 0.0691. The van der Waals surface area contributed by atoms with Crippen molar-refractivity contribution in [1.82, 2.24) is 15.1 Å². The average Bonchev–Trinajstić information content (AvgIpc) is 3.20. The molecular formula is C20H20ClN3O3S. The molecule has 146 valence electrons. The molecule has 8 heteroatoms. The molecule has 1 amide bonds. The first-order valence-electron chi connectivity index (χ1n) is 9.07. The minimum Gasteiger partial charge on any atom is -0.454 e. The lowest BCUT2D eigenvalue weighted by Crippen LogP contribution is -2.53. The van der Waals surface area contributed by atoms with Gasteiger partial charge in [0.25, 0.3) is 5.91 Å². The summed E-state index contributed by atoms with van der Waals surface area (Å²) in [5.74, 6) is 1.49. The summed E-state index contributed by atoms with van der Waals surface area (Å²) in [6, 6.07) is 13.0. The highest BCUT2D eigenvalue weighted by atomic mass is 35.5. The molecule has 2 aromatic carbocycles. The second-order valence-corrected chi connectivity index (χ2v) is 7.40. The van der Waals surface area contributed by atoms with Crippen LogP contribution in [-0.4, -0.2) is 53.8 Å². The summed E-state index contributed by atoms with van der Waals surface area (Å²) < 4.78 is 10.7. The van der Waals surface area contributed by atoms with Gasteiger partial charge in [-0.25, -0.2) is 0 Å². The van der Waals surface area contributed by atoms with Gasteiger partial charge in [0.05, 0.1) is 10.6 Å². The van der Waals surface area contributed by atoms with E-state index >= 15 is 0 Å². The highest BCUT2D eigenvalue weighted by Crippen LogP contribution is 2.32. The van der Waals surface area contributed by atoms with Gasteiger partial charge in [-0.05, 0) is 42.0 Å². The Morgan fingerprint density at radius 3 is 2.54 bits per heavy atom. The maximum atomic E-state index is 12.7. The van der Waals surface area contributed by atoms with Crippen LogP contribution in [0.4, 0.5) is 0 Å². The molecule has 0 saturated carbocycles. The lowest BCUT2D eigenvalue weighted by atomic mass is 10.2. The first-order chi connectivity index (χ1) is 13.6. The van der Waals surface area contributed by atoms with Gasteiger partial charge in [0.1, 0.15) is 0 Å². The topological polar surface area (TPSA) is 54.0 Å². The van der Waals surface area contributed by atoms with Crippen molar-refractivity contribution in [2.24, 2.45) is 0 Å². The first-order valence-corrected chi connectivity index (χ1v) is 9.85. The number of carbonyl (C=O) groups excluding carboxylic acids is 1. The van der Waals surface area contributed by atoms with Crippen molar-refractivity contribution in [2.75, 3.05) is 33.0 Å². The molecule has 6 nitrogen and oxygen atoms in total. The number of benzene rings is 2. The molecular weight excluding hydrogens is 398 g/mol. The molecule has 1 fully saturated rings. The molecule has 0 atom stereocenters. The highest BCUT2D eigenvalue weighted by molar-refractivity contribution is 7.80. The Kier molecular flexibility index (Phi) is 5.54. The monoisotopic (exact) mass is 417 g/mol. The number of rotatable bonds is 3. The Bertz CT molecular complexity index is 900. The highest BCUT2D eigenvalue weighted by Gasteiger charge is 2.24. The van der Waals surface area contributed by atoms with Crippen molar-refractivity contribution in [3.8, 4) is 11.5 Å². The summed E-state index contributed by atoms with van der Waals surface area (Å²) >= 11 is 11.7. The fraction of sp³-hybridized carbons (Fsp3) is 0.300. The molecule has 2 aliphatic rings. The zero-order valence-electron chi connectivity index (χ0n) is 15.2. The second-order valence-electron chi connectivity index (χ2n) is 6.61. The molecule has 1 N–H and O–H groups in total. The number of amides is 1. The molecule has 0 aliphatic carbocycles. The van der Waals surface area contributed by atoms with Crippen LogP contribution in [0.2, 0.25) is 5.02 Å². The predicted molar refractivity (Wildman–Crippen MR) is 111 cm³/mol. The van der Waals surface area contributed by atoms with Crippen LogP contribution in [-0.2, 0) is 6.54 Å². The molecule has 28 heavy (non-hydrogen) atoms. The first kappa shape index (κ1) is 18.8. The molecule has 2 aromatic rings. The minimum atomic E-state index is -0.0375. The molecule has 0 radical (unpaired) electrons. The molecule has 2 aliphatic heterocycles. The van der Waals surface area contributed by atoms with Gasteiger partial charge in [0, 0.05) is 32.7 Å². The van der Waals surface area contributed by atoms with E-state index in [0.717, 1.165) is 17.1 Å². The van der Waals surface area contributed by atoms with E-state index in [1.807, 2.05) is 35.2 Å². The number of ether oxygens (including phenoxy) is 2. The van der Waals surface area contributed by atoms with Crippen LogP contribution in [0.5, 0.6) is 11.5 Å². The average molecular weight is 418 g/mol. The SMILES string of the molecule is O=C(c1ccccc1Cl)N1CCN(C(=S)NCc2ccc3c(c2)OCO3)CC1. The summed E-state index contributed by atoms with van der Waals surface area (Å²) in [7, 11) is 0. The van der Waals surface area contributed by atoms with Gasteiger partial charge in [-0.2, -0.15) is 0 Å². The van der Waals surface area contributed by atoms with Crippen LogP contribution in [0, 0.1) is 0 Å². The second kappa shape index (κ2) is 8.24. The normalized spacial score (nSPS) is 15.5. The molecule has 0 bridgehead atoms. The number of thiocarbonyl (C=S) groups is 1. The molecule has 1 saturated heterocycles. The van der Waals surface area contributed by atoms with Crippen LogP contribution in [0.15, 0.2) is 42.5 Å². The Labute approximate surface area is 174 Å². The van der Waals surface area contributed by atoms with Crippen LogP contribution in [0.3, 0.4) is 0 Å². The molecule has 4 rings (SSSR count). The molecule has 0 aromatic heterocycles. The van der Waals surface area contributed by atoms with Gasteiger partial charge >= 0.3 is 0 Å². The number of hydrogen-bond donors (Lipinski definition) is 1. The Morgan fingerprint density at radius 1 is 1.04 bits per heavy atom. The standard InChI is InChI=1S/C20H20ClN3O3S/c21-16-4-2-1-3-15(16)19(25)23-7-9-24(10-8-23)20(28)22-12-14-5-6-17-18(11-14)27-13-26-17/h1-6,11H,7-10,12-13H2,(H,22,28). The van der Waals surface area contributed by atoms with E-state index in [1.54, 1.807) is 12.1 Å². The number of nitrogens with zero attached hydrogens (tertiary/aromatic N) is 2. The van der Waals surface area contributed by atoms with Gasteiger partial charge in [-0.15, -0.1) is 0 Å². The molecule has 0 unspecified atom stereocenters. The Balaban J connectivity index is 1.28. The zero-order chi connectivity index (χ0) is 19.5. The fourth-order valence-corrected chi connectivity index (χ4v) is 3.73. The lowest BCUT2D eigenvalue weighted by Gasteiger charge is -2.36. The third kappa shape index (κ3) is 4.00. The number of hydrogen-bond acceptors (Lipinski definition) is 4. The van der Waals surface area contributed by atoms with Crippen LogP contribution < -0.4 is 14.8 Å². The molecule has 0 spiro atoms. The van der Waals surface area contributed by atoms with Crippen LogP contribution in [0.1, 0.15) is 15.9 Å². The predicted octanol–water partition coefficient (Wildman–Crippen LogP) is 2.90. The van der Waals surface area contributed by atoms with E-state index in [1.165, 1.54) is 0 Å². The van der Waals surface area contributed by atoms with Crippen molar-refractivity contribution in [3.63, 3.8) is 0 Å². The van der Waals surface area contributed by atoms with E-state index in [0.29, 0.717) is 48.4 Å². The Morgan fingerprint density at radius 2 is 1.75 bits per heavy atom. The van der Waals surface area contributed by atoms with E-state index in [4.69, 9.17) is 33.3 Å². The van der Waals surface area contributed by atoms with E-state index < -0.39 is 0 Å². The van der Waals surface area contributed by atoms with Gasteiger partial charge < -0.3 is 24.6 Å². The van der Waals surface area contributed by atoms with Crippen molar-refractivity contribution in [2.45, 2.75) is 6.54 Å². The van der Waals surface area contributed by atoms with E-state index in [-0.39, 0.29) is 12.7 Å². The summed E-state index contributed by atoms with van der Waals surface area (Å²) in [5.41, 5.74) is 1.61. The Hall–Kier alpha value is -2.51. The smallest absolute Gasteiger partial charge is 0.255 e. The summed E-state index contributed by atoms with van der Waals surface area (Å²) in [6.07, 6.45) is 0. The number of halogens is 1. The summed E-state index contributed by atoms with van der Waals surface area (Å²) in [6.45, 7) is 3.45. The minimum absolute atomic E-state index is 0.0375. The number of fused-ring (bicyclic) bond motifs is 1.